The number of imide groups is 1. The van der Waals surface area contributed by atoms with Crippen molar-refractivity contribution >= 4 is 40.6 Å². The van der Waals surface area contributed by atoms with E-state index in [0.717, 1.165) is 45.5 Å². The number of para-hydroxylation sites is 1. The van der Waals surface area contributed by atoms with Gasteiger partial charge in [0.25, 0.3) is 17.1 Å². The van der Waals surface area contributed by atoms with Crippen molar-refractivity contribution in [2.24, 2.45) is 0 Å². The topological polar surface area (TPSA) is 84.9 Å². The summed E-state index contributed by atoms with van der Waals surface area (Å²) >= 11 is 0.913. The maximum absolute atomic E-state index is 12.9. The Hall–Kier alpha value is -4.04. The highest BCUT2D eigenvalue weighted by Gasteiger charge is 2.34. The van der Waals surface area contributed by atoms with Crippen molar-refractivity contribution in [3.63, 3.8) is 0 Å². The van der Waals surface area contributed by atoms with Crippen LogP contribution in [0.15, 0.2) is 71.6 Å². The van der Waals surface area contributed by atoms with E-state index in [9.17, 15) is 14.4 Å². The molecule has 0 spiro atoms. The predicted octanol–water partition coefficient (Wildman–Crippen LogP) is 6.56. The van der Waals surface area contributed by atoms with Gasteiger partial charge >= 0.3 is 0 Å². The number of amides is 3. The fraction of sp³-hybridized carbons (Fsp3) is 0.258. The van der Waals surface area contributed by atoms with Gasteiger partial charge in [0.05, 0.1) is 11.4 Å². The van der Waals surface area contributed by atoms with E-state index in [0.29, 0.717) is 16.6 Å². The second-order valence-corrected chi connectivity index (χ2v) is 10.6. The van der Waals surface area contributed by atoms with Crippen LogP contribution in [0, 0.1) is 13.8 Å². The Labute approximate surface area is 233 Å². The number of hydrogen-bond donors (Lipinski definition) is 1. The molecular weight excluding hydrogens is 512 g/mol. The van der Waals surface area contributed by atoms with Gasteiger partial charge in [-0.3, -0.25) is 19.3 Å². The zero-order valence-corrected chi connectivity index (χ0v) is 23.3. The molecule has 0 atom stereocenters. The minimum Gasteiger partial charge on any atom is -0.491 e. The van der Waals surface area contributed by atoms with Crippen LogP contribution in [0.25, 0.3) is 6.08 Å². The monoisotopic (exact) mass is 544 g/mol. The molecule has 1 aliphatic rings. The summed E-state index contributed by atoms with van der Waals surface area (Å²) in [5.41, 5.74) is 4.64. The number of benzene rings is 3. The van der Waals surface area contributed by atoms with Crippen molar-refractivity contribution in [3.8, 4) is 11.5 Å². The third kappa shape index (κ3) is 7.29. The summed E-state index contributed by atoms with van der Waals surface area (Å²) in [6, 6.07) is 20.6. The van der Waals surface area contributed by atoms with Gasteiger partial charge in [-0.1, -0.05) is 56.3 Å². The maximum atomic E-state index is 12.9. The van der Waals surface area contributed by atoms with E-state index in [4.69, 9.17) is 9.47 Å². The molecule has 4 rings (SSSR count). The molecule has 3 aromatic rings. The second kappa shape index (κ2) is 12.7. The number of nitrogens with zero attached hydrogens (tertiary/aromatic N) is 1. The molecule has 0 unspecified atom stereocenters. The quantitative estimate of drug-likeness (QED) is 0.291. The molecule has 0 radical (unpaired) electrons. The van der Waals surface area contributed by atoms with Gasteiger partial charge in [-0.25, -0.2) is 0 Å². The second-order valence-electron chi connectivity index (χ2n) is 9.60. The minimum absolute atomic E-state index is 0.129. The van der Waals surface area contributed by atoms with Gasteiger partial charge in [-0.2, -0.15) is 0 Å². The summed E-state index contributed by atoms with van der Waals surface area (Å²) in [5.74, 6) is 1.01. The van der Waals surface area contributed by atoms with Crippen LogP contribution in [0.1, 0.15) is 42.0 Å². The number of ether oxygens (including phenoxy) is 2. The fourth-order valence-electron chi connectivity index (χ4n) is 4.04. The number of thioether (sulfide) groups is 1. The molecule has 3 amide bonds. The first-order valence-corrected chi connectivity index (χ1v) is 13.6. The smallest absolute Gasteiger partial charge is 0.293 e. The number of aryl methyl sites for hydroxylation is 2. The molecule has 8 heteroatoms. The standard InChI is InChI=1S/C31H32N2O5S/c1-20(2)25-14-9-21(3)17-27(25)37-16-15-33-30(35)28(39-31(33)36)18-23-10-12-24(13-11-23)38-19-29(34)32-26-8-6-5-7-22(26)4/h5-14,17-18,20H,15-16,19H2,1-4H3,(H,32,34)/b28-18-. The van der Waals surface area contributed by atoms with Gasteiger partial charge in [0.15, 0.2) is 6.61 Å². The lowest BCUT2D eigenvalue weighted by Gasteiger charge is -2.17. The molecule has 1 N–H and O–H groups in total. The van der Waals surface area contributed by atoms with E-state index in [2.05, 4.69) is 25.2 Å². The summed E-state index contributed by atoms with van der Waals surface area (Å²) in [6.07, 6.45) is 1.68. The summed E-state index contributed by atoms with van der Waals surface area (Å²) in [7, 11) is 0. The van der Waals surface area contributed by atoms with Crippen molar-refractivity contribution in [1.29, 1.82) is 0 Å². The Balaban J connectivity index is 1.30. The summed E-state index contributed by atoms with van der Waals surface area (Å²) < 4.78 is 11.6. The lowest BCUT2D eigenvalue weighted by molar-refractivity contribution is -0.123. The Bertz CT molecular complexity index is 1400. The molecule has 3 aromatic carbocycles. The van der Waals surface area contributed by atoms with Crippen LogP contribution in [0.3, 0.4) is 0 Å². The maximum Gasteiger partial charge on any atom is 0.293 e. The lowest BCUT2D eigenvalue weighted by atomic mass is 10.0. The van der Waals surface area contributed by atoms with E-state index in [1.54, 1.807) is 30.3 Å². The highest BCUT2D eigenvalue weighted by atomic mass is 32.2. The van der Waals surface area contributed by atoms with Gasteiger partial charge in [0.1, 0.15) is 18.1 Å². The molecule has 1 heterocycles. The van der Waals surface area contributed by atoms with E-state index in [1.807, 2.05) is 50.2 Å². The average molecular weight is 545 g/mol. The summed E-state index contributed by atoms with van der Waals surface area (Å²) in [6.45, 7) is 8.38. The van der Waals surface area contributed by atoms with Crippen molar-refractivity contribution < 1.29 is 23.9 Å². The Kier molecular flexibility index (Phi) is 9.09. The molecule has 7 nitrogen and oxygen atoms in total. The number of anilines is 1. The van der Waals surface area contributed by atoms with E-state index < -0.39 is 0 Å². The number of carbonyl (C=O) groups excluding carboxylic acids is 3. The molecule has 0 saturated carbocycles. The van der Waals surface area contributed by atoms with Crippen LogP contribution in [-0.2, 0) is 9.59 Å². The summed E-state index contributed by atoms with van der Waals surface area (Å²) in [4.78, 5) is 39.2. The van der Waals surface area contributed by atoms with Gasteiger partial charge in [0.2, 0.25) is 0 Å². The first-order chi connectivity index (χ1) is 18.7. The van der Waals surface area contributed by atoms with Crippen molar-refractivity contribution in [1.82, 2.24) is 4.90 Å². The third-order valence-electron chi connectivity index (χ3n) is 6.20. The zero-order chi connectivity index (χ0) is 27.9. The summed E-state index contributed by atoms with van der Waals surface area (Å²) in [5, 5.41) is 2.51. The molecule has 1 saturated heterocycles. The highest BCUT2D eigenvalue weighted by Crippen LogP contribution is 2.33. The van der Waals surface area contributed by atoms with E-state index >= 15 is 0 Å². The molecular formula is C31H32N2O5S. The molecule has 0 bridgehead atoms. The minimum atomic E-state index is -0.338. The molecule has 1 fully saturated rings. The van der Waals surface area contributed by atoms with Crippen molar-refractivity contribution in [2.75, 3.05) is 25.1 Å². The molecule has 0 aliphatic carbocycles. The van der Waals surface area contributed by atoms with Gasteiger partial charge in [0, 0.05) is 5.69 Å². The van der Waals surface area contributed by atoms with Crippen LogP contribution in [0.4, 0.5) is 10.5 Å². The molecule has 39 heavy (non-hydrogen) atoms. The zero-order valence-electron chi connectivity index (χ0n) is 22.5. The van der Waals surface area contributed by atoms with E-state index in [1.165, 1.54) is 4.90 Å². The van der Waals surface area contributed by atoms with E-state index in [-0.39, 0.29) is 36.8 Å². The van der Waals surface area contributed by atoms with Gasteiger partial charge in [-0.15, -0.1) is 0 Å². The number of rotatable bonds is 10. The fourth-order valence-corrected chi connectivity index (χ4v) is 4.91. The molecule has 202 valence electrons. The Morgan fingerprint density at radius 3 is 2.46 bits per heavy atom. The van der Waals surface area contributed by atoms with Crippen LogP contribution >= 0.6 is 11.8 Å². The average Bonchev–Trinajstić information content (AvgIpc) is 3.17. The van der Waals surface area contributed by atoms with Crippen LogP contribution in [0.2, 0.25) is 0 Å². The lowest BCUT2D eigenvalue weighted by Crippen LogP contribution is -2.32. The molecule has 0 aromatic heterocycles. The normalized spacial score (nSPS) is 14.3. The van der Waals surface area contributed by atoms with Crippen LogP contribution in [0.5, 0.6) is 11.5 Å². The number of hydrogen-bond acceptors (Lipinski definition) is 6. The first-order valence-electron chi connectivity index (χ1n) is 12.8. The third-order valence-corrected chi connectivity index (χ3v) is 7.11. The Morgan fingerprint density at radius 2 is 1.74 bits per heavy atom. The number of nitrogens with one attached hydrogen (secondary N) is 1. The van der Waals surface area contributed by atoms with Gasteiger partial charge in [-0.05, 0) is 84.1 Å². The largest absolute Gasteiger partial charge is 0.491 e. The predicted molar refractivity (Wildman–Crippen MR) is 155 cm³/mol. The van der Waals surface area contributed by atoms with Crippen molar-refractivity contribution in [3.05, 3.63) is 93.9 Å². The SMILES string of the molecule is Cc1ccc(C(C)C)c(OCCN2C(=O)S/C(=C\c3ccc(OCC(=O)Nc4ccccc4C)cc3)C2=O)c1. The van der Waals surface area contributed by atoms with Crippen LogP contribution in [-0.4, -0.2) is 41.7 Å². The highest BCUT2D eigenvalue weighted by molar-refractivity contribution is 8.18. The van der Waals surface area contributed by atoms with Gasteiger partial charge < -0.3 is 14.8 Å². The van der Waals surface area contributed by atoms with Crippen LogP contribution < -0.4 is 14.8 Å². The first kappa shape index (κ1) is 28.0. The molecule has 1 aliphatic heterocycles. The Morgan fingerprint density at radius 1 is 1.00 bits per heavy atom. The van der Waals surface area contributed by atoms with Crippen molar-refractivity contribution in [2.45, 2.75) is 33.6 Å². The number of carbonyl (C=O) groups is 3.